The van der Waals surface area contributed by atoms with Gasteiger partial charge in [0.25, 0.3) is 11.3 Å². The molecule has 6 nitrogen and oxygen atoms in total. The van der Waals surface area contributed by atoms with Crippen LogP contribution in [0.1, 0.15) is 11.3 Å². The Morgan fingerprint density at radius 3 is 2.67 bits per heavy atom. The minimum Gasteiger partial charge on any atom is -0.396 e. The Labute approximate surface area is 125 Å². The lowest BCUT2D eigenvalue weighted by atomic mass is 10.2. The molecule has 0 fully saturated rings. The van der Waals surface area contributed by atoms with Crippen molar-refractivity contribution < 1.29 is 5.11 Å². The van der Waals surface area contributed by atoms with E-state index < -0.39 is 0 Å². The second-order valence-corrected chi connectivity index (χ2v) is 5.11. The Hall–Kier alpha value is -2.18. The van der Waals surface area contributed by atoms with Crippen LogP contribution >= 0.6 is 11.6 Å². The van der Waals surface area contributed by atoms with Gasteiger partial charge in [0, 0.05) is 29.2 Å². The minimum absolute atomic E-state index is 0.0952. The van der Waals surface area contributed by atoms with Crippen molar-refractivity contribution in [3.63, 3.8) is 0 Å². The van der Waals surface area contributed by atoms with Crippen LogP contribution in [-0.4, -0.2) is 31.3 Å². The van der Waals surface area contributed by atoms with Crippen LogP contribution < -0.4 is 5.56 Å². The smallest absolute Gasteiger partial charge is 0.277 e. The molecule has 2 aromatic heterocycles. The van der Waals surface area contributed by atoms with Crippen molar-refractivity contribution in [2.45, 2.75) is 13.3 Å². The van der Waals surface area contributed by atoms with E-state index in [1.165, 1.54) is 4.52 Å². The Morgan fingerprint density at radius 2 is 2.00 bits per heavy atom. The van der Waals surface area contributed by atoms with E-state index in [0.717, 1.165) is 5.56 Å². The van der Waals surface area contributed by atoms with Gasteiger partial charge in [-0.2, -0.15) is 9.50 Å². The summed E-state index contributed by atoms with van der Waals surface area (Å²) >= 11 is 5.86. The van der Waals surface area contributed by atoms with Crippen LogP contribution in [0.5, 0.6) is 0 Å². The first-order valence-electron chi connectivity index (χ1n) is 6.45. The molecule has 2 heterocycles. The number of H-pyrrole nitrogens is 1. The third kappa shape index (κ3) is 2.43. The Balaban J connectivity index is 2.18. The highest BCUT2D eigenvalue weighted by Crippen LogP contribution is 2.18. The molecule has 21 heavy (non-hydrogen) atoms. The molecule has 2 N–H and O–H groups in total. The summed E-state index contributed by atoms with van der Waals surface area (Å²) in [4.78, 5) is 21.0. The number of aliphatic hydroxyl groups excluding tert-OH is 1. The third-order valence-electron chi connectivity index (χ3n) is 3.27. The number of aromatic amines is 1. The predicted octanol–water partition coefficient (Wildman–Crippen LogP) is 1.58. The lowest BCUT2D eigenvalue weighted by molar-refractivity contribution is 0.298. The van der Waals surface area contributed by atoms with Gasteiger partial charge in [-0.25, -0.2) is 4.98 Å². The number of rotatable bonds is 3. The van der Waals surface area contributed by atoms with E-state index in [-0.39, 0.29) is 18.6 Å². The van der Waals surface area contributed by atoms with Crippen LogP contribution in [0.15, 0.2) is 29.1 Å². The van der Waals surface area contributed by atoms with E-state index in [9.17, 15) is 4.79 Å². The summed E-state index contributed by atoms with van der Waals surface area (Å²) in [6, 6.07) is 7.13. The zero-order valence-electron chi connectivity index (χ0n) is 11.3. The Morgan fingerprint density at radius 1 is 1.29 bits per heavy atom. The lowest BCUT2D eigenvalue weighted by Crippen LogP contribution is -2.22. The second kappa shape index (κ2) is 5.31. The fraction of sp³-hybridized carbons (Fsp3) is 0.214. The number of benzene rings is 1. The maximum atomic E-state index is 12.4. The summed E-state index contributed by atoms with van der Waals surface area (Å²) in [7, 11) is 0. The van der Waals surface area contributed by atoms with Gasteiger partial charge in [0.15, 0.2) is 5.82 Å². The van der Waals surface area contributed by atoms with Gasteiger partial charge in [-0.15, -0.1) is 0 Å². The Kier molecular flexibility index (Phi) is 3.48. The molecule has 108 valence electrons. The van der Waals surface area contributed by atoms with E-state index in [4.69, 9.17) is 16.7 Å². The molecule has 3 rings (SSSR count). The fourth-order valence-corrected chi connectivity index (χ4v) is 2.32. The van der Waals surface area contributed by atoms with E-state index in [2.05, 4.69) is 15.1 Å². The molecule has 0 saturated heterocycles. The van der Waals surface area contributed by atoms with Crippen LogP contribution in [0.4, 0.5) is 0 Å². The van der Waals surface area contributed by atoms with Crippen molar-refractivity contribution in [2.75, 3.05) is 6.61 Å². The lowest BCUT2D eigenvalue weighted by Gasteiger charge is -2.01. The first kappa shape index (κ1) is 13.8. The third-order valence-corrected chi connectivity index (χ3v) is 3.53. The molecule has 0 saturated carbocycles. The molecule has 7 heteroatoms. The van der Waals surface area contributed by atoms with Gasteiger partial charge in [0.1, 0.15) is 0 Å². The zero-order chi connectivity index (χ0) is 15.0. The number of nitrogens with zero attached hydrogens (tertiary/aromatic N) is 3. The summed E-state index contributed by atoms with van der Waals surface area (Å²) in [6.45, 7) is 1.64. The molecule has 1 aromatic carbocycles. The number of nitrogens with one attached hydrogen (secondary N) is 1. The van der Waals surface area contributed by atoms with Gasteiger partial charge in [0.2, 0.25) is 0 Å². The summed E-state index contributed by atoms with van der Waals surface area (Å²) in [6.07, 6.45) is 0.274. The molecule has 0 bridgehead atoms. The Bertz CT molecular complexity index is 852. The van der Waals surface area contributed by atoms with Gasteiger partial charge in [-0.05, 0) is 31.2 Å². The molecule has 0 atom stereocenters. The SMILES string of the molecule is Cc1nc2nc(-c3ccc(Cl)cc3)[nH]n2c(=O)c1CCO. The van der Waals surface area contributed by atoms with E-state index in [1.807, 2.05) is 12.1 Å². The average molecular weight is 305 g/mol. The van der Waals surface area contributed by atoms with Gasteiger partial charge in [-0.1, -0.05) is 11.6 Å². The number of aromatic nitrogens is 4. The number of hydrogen-bond donors (Lipinski definition) is 2. The zero-order valence-corrected chi connectivity index (χ0v) is 12.1. The molecule has 0 unspecified atom stereocenters. The van der Waals surface area contributed by atoms with E-state index in [1.54, 1.807) is 19.1 Å². The summed E-state index contributed by atoms with van der Waals surface area (Å²) in [5.74, 6) is 0.848. The van der Waals surface area contributed by atoms with Crippen molar-refractivity contribution in [2.24, 2.45) is 0 Å². The van der Waals surface area contributed by atoms with E-state index in [0.29, 0.717) is 27.9 Å². The van der Waals surface area contributed by atoms with Crippen molar-refractivity contribution in [1.29, 1.82) is 0 Å². The van der Waals surface area contributed by atoms with Crippen molar-refractivity contribution >= 4 is 17.4 Å². The van der Waals surface area contributed by atoms with Gasteiger partial charge in [0.05, 0.1) is 5.69 Å². The number of hydrogen-bond acceptors (Lipinski definition) is 4. The van der Waals surface area contributed by atoms with Gasteiger partial charge in [-0.3, -0.25) is 9.89 Å². The van der Waals surface area contributed by atoms with Crippen molar-refractivity contribution in [3.8, 4) is 11.4 Å². The molecule has 0 spiro atoms. The highest BCUT2D eigenvalue weighted by Gasteiger charge is 2.13. The molecular weight excluding hydrogens is 292 g/mol. The first-order valence-corrected chi connectivity index (χ1v) is 6.83. The van der Waals surface area contributed by atoms with Gasteiger partial charge < -0.3 is 5.11 Å². The molecule has 3 aromatic rings. The van der Waals surface area contributed by atoms with Crippen LogP contribution in [0.3, 0.4) is 0 Å². The summed E-state index contributed by atoms with van der Waals surface area (Å²) in [5, 5.41) is 12.6. The normalized spacial score (nSPS) is 11.2. The average Bonchev–Trinajstić information content (AvgIpc) is 2.88. The maximum Gasteiger partial charge on any atom is 0.277 e. The molecule has 0 aliphatic heterocycles. The fourth-order valence-electron chi connectivity index (χ4n) is 2.19. The van der Waals surface area contributed by atoms with Crippen molar-refractivity contribution in [3.05, 3.63) is 50.9 Å². The molecule has 0 aliphatic rings. The standard InChI is InChI=1S/C14H13ClN4O2/c1-8-11(6-7-20)13(21)19-14(16-8)17-12(18-19)9-2-4-10(15)5-3-9/h2-5,20H,6-7H2,1H3,(H,16,17,18). The van der Waals surface area contributed by atoms with Crippen LogP contribution in [0, 0.1) is 6.92 Å². The summed E-state index contributed by atoms with van der Waals surface area (Å²) in [5.41, 5.74) is 1.65. The predicted molar refractivity (Wildman–Crippen MR) is 79.6 cm³/mol. The quantitative estimate of drug-likeness (QED) is 0.769. The van der Waals surface area contributed by atoms with E-state index >= 15 is 0 Å². The highest BCUT2D eigenvalue weighted by molar-refractivity contribution is 6.30. The van der Waals surface area contributed by atoms with Crippen LogP contribution in [0.2, 0.25) is 5.02 Å². The topological polar surface area (TPSA) is 83.3 Å². The van der Waals surface area contributed by atoms with Gasteiger partial charge >= 0.3 is 0 Å². The molecule has 0 amide bonds. The van der Waals surface area contributed by atoms with Crippen LogP contribution in [-0.2, 0) is 6.42 Å². The number of halogens is 1. The molecule has 0 aliphatic carbocycles. The minimum atomic E-state index is -0.237. The monoisotopic (exact) mass is 304 g/mol. The number of fused-ring (bicyclic) bond motifs is 1. The highest BCUT2D eigenvalue weighted by atomic mass is 35.5. The molecular formula is C14H13ClN4O2. The second-order valence-electron chi connectivity index (χ2n) is 4.67. The first-order chi connectivity index (χ1) is 10.1. The van der Waals surface area contributed by atoms with Crippen LogP contribution in [0.25, 0.3) is 17.2 Å². The number of aliphatic hydroxyl groups is 1. The maximum absolute atomic E-state index is 12.4. The van der Waals surface area contributed by atoms with Crippen molar-refractivity contribution in [1.82, 2.24) is 19.6 Å². The summed E-state index contributed by atoms with van der Waals surface area (Å²) < 4.78 is 1.29. The largest absolute Gasteiger partial charge is 0.396 e. The molecule has 0 radical (unpaired) electrons. The number of aryl methyl sites for hydroxylation is 1.